The molecule has 0 heteroatoms. The lowest BCUT2D eigenvalue weighted by Crippen LogP contribution is -2.90. The van der Waals surface area contributed by atoms with E-state index in [1.54, 1.807) is 25.7 Å². The van der Waals surface area contributed by atoms with Crippen LogP contribution in [0.1, 0.15) is 25.7 Å². The van der Waals surface area contributed by atoms with Gasteiger partial charge in [-0.25, -0.2) is 0 Å². The number of hydrogen-bond acceptors (Lipinski definition) is 0. The Morgan fingerprint density at radius 3 is 0.722 bits per heavy atom. The molecule has 8 aliphatic carbocycles. The van der Waals surface area contributed by atoms with Crippen LogP contribution in [0.3, 0.4) is 0 Å². The fraction of sp³-hybridized carbons (Fsp3) is 1.00. The summed E-state index contributed by atoms with van der Waals surface area (Å²) in [4.78, 5) is 0. The van der Waals surface area contributed by atoms with Crippen LogP contribution in [0.4, 0.5) is 0 Å². The van der Waals surface area contributed by atoms with Gasteiger partial charge < -0.3 is 0 Å². The standard InChI is InChI=1S/C18H22/c1-2-6-5(1)9-10(6)14-13(9)17-15-11-7-3-4-8(7)12(11)16(15)18(14)17/h5-18H,1-4H2/t5?,6?,7?,8?,9?,10?,11?,12?,13-,14?,15?,16?,17?,18?/m0/s1. The Hall–Kier alpha value is 0. The predicted octanol–water partition coefficient (Wildman–Crippen LogP) is 3.28. The molecule has 0 heterocycles. The Bertz CT molecular complexity index is 418. The lowest BCUT2D eigenvalue weighted by Gasteiger charge is -2.93. The van der Waals surface area contributed by atoms with Gasteiger partial charge >= 0.3 is 0 Å². The molecule has 0 spiro atoms. The quantitative estimate of drug-likeness (QED) is 0.568. The number of rotatable bonds is 0. The molecule has 0 aromatic carbocycles. The van der Waals surface area contributed by atoms with E-state index in [4.69, 9.17) is 0 Å². The third kappa shape index (κ3) is 0.487. The molecule has 0 bridgehead atoms. The third-order valence-corrected chi connectivity index (χ3v) is 10.5. The zero-order valence-corrected chi connectivity index (χ0v) is 10.9. The van der Waals surface area contributed by atoms with Gasteiger partial charge in [-0.3, -0.25) is 0 Å². The first-order valence-electron chi connectivity index (χ1n) is 8.97. The van der Waals surface area contributed by atoms with Crippen LogP contribution in [-0.2, 0) is 0 Å². The minimum atomic E-state index is 1.27. The molecule has 14 atom stereocenters. The maximum atomic E-state index is 1.64. The second-order valence-electron chi connectivity index (χ2n) is 9.58. The molecule has 18 heavy (non-hydrogen) atoms. The number of hydrogen-bond donors (Lipinski definition) is 0. The Kier molecular flexibility index (Phi) is 0.951. The summed E-state index contributed by atoms with van der Waals surface area (Å²) < 4.78 is 0. The summed E-state index contributed by atoms with van der Waals surface area (Å²) in [5.41, 5.74) is 0. The molecular weight excluding hydrogens is 216 g/mol. The minimum absolute atomic E-state index is 1.27. The molecule has 8 saturated carbocycles. The Labute approximate surface area is 109 Å². The van der Waals surface area contributed by atoms with E-state index in [2.05, 4.69) is 0 Å². The molecule has 94 valence electrons. The van der Waals surface area contributed by atoms with Crippen LogP contribution in [0.2, 0.25) is 0 Å². The smallest absolute Gasteiger partial charge is 0.0312 e. The van der Waals surface area contributed by atoms with Crippen molar-refractivity contribution in [2.75, 3.05) is 0 Å². The zero-order chi connectivity index (χ0) is 10.9. The van der Waals surface area contributed by atoms with Crippen molar-refractivity contribution in [2.24, 2.45) is 82.9 Å². The van der Waals surface area contributed by atoms with Crippen molar-refractivity contribution in [3.05, 3.63) is 0 Å². The van der Waals surface area contributed by atoms with E-state index in [0.29, 0.717) is 0 Å². The summed E-state index contributed by atoms with van der Waals surface area (Å²) >= 11 is 0. The summed E-state index contributed by atoms with van der Waals surface area (Å²) in [5, 5.41) is 0. The van der Waals surface area contributed by atoms with Crippen molar-refractivity contribution < 1.29 is 0 Å². The predicted molar refractivity (Wildman–Crippen MR) is 67.3 cm³/mol. The van der Waals surface area contributed by atoms with Gasteiger partial charge in [0.2, 0.25) is 0 Å². The topological polar surface area (TPSA) is 0 Å². The number of fused-ring (bicyclic) bond motifs is 19. The van der Waals surface area contributed by atoms with Crippen LogP contribution >= 0.6 is 0 Å². The van der Waals surface area contributed by atoms with Gasteiger partial charge in [0.25, 0.3) is 0 Å². The van der Waals surface area contributed by atoms with E-state index in [1.165, 1.54) is 82.9 Å². The molecule has 8 fully saturated rings. The maximum Gasteiger partial charge on any atom is -0.0312 e. The van der Waals surface area contributed by atoms with Gasteiger partial charge in [0.1, 0.15) is 0 Å². The normalized spacial score (nSPS) is 89.3. The largest absolute Gasteiger partial charge is 0.0496 e. The van der Waals surface area contributed by atoms with E-state index in [-0.39, 0.29) is 0 Å². The summed E-state index contributed by atoms with van der Waals surface area (Å²) in [6, 6.07) is 0. The molecule has 0 amide bonds. The second-order valence-corrected chi connectivity index (χ2v) is 9.58. The summed E-state index contributed by atoms with van der Waals surface area (Å²) in [6.45, 7) is 0. The second kappa shape index (κ2) is 2.06. The van der Waals surface area contributed by atoms with Gasteiger partial charge in [0.15, 0.2) is 0 Å². The molecule has 13 unspecified atom stereocenters. The van der Waals surface area contributed by atoms with E-state index < -0.39 is 0 Å². The molecule has 0 aromatic heterocycles. The van der Waals surface area contributed by atoms with Crippen LogP contribution in [0.25, 0.3) is 0 Å². The van der Waals surface area contributed by atoms with E-state index in [0.717, 1.165) is 0 Å². The first-order chi connectivity index (χ1) is 8.97. The molecule has 0 nitrogen and oxygen atoms in total. The average molecular weight is 238 g/mol. The summed E-state index contributed by atoms with van der Waals surface area (Å²) in [7, 11) is 0. The highest BCUT2D eigenvalue weighted by molar-refractivity contribution is 5.35. The van der Waals surface area contributed by atoms with Gasteiger partial charge in [-0.05, 0) is 109 Å². The lowest BCUT2D eigenvalue weighted by atomic mass is 9.11. The van der Waals surface area contributed by atoms with Gasteiger partial charge in [-0.1, -0.05) is 0 Å². The van der Waals surface area contributed by atoms with Gasteiger partial charge in [-0.2, -0.15) is 0 Å². The highest BCUT2D eigenvalue weighted by Crippen LogP contribution is 2.92. The zero-order valence-electron chi connectivity index (χ0n) is 10.9. The van der Waals surface area contributed by atoms with Crippen molar-refractivity contribution in [3.63, 3.8) is 0 Å². The fourth-order valence-corrected chi connectivity index (χ4v) is 10.1. The first kappa shape index (κ1) is 8.32. The summed E-state index contributed by atoms with van der Waals surface area (Å²) in [5.74, 6) is 18.1. The van der Waals surface area contributed by atoms with E-state index in [9.17, 15) is 0 Å². The highest BCUT2D eigenvalue weighted by atomic mass is 14.9. The molecule has 0 aromatic rings. The molecule has 8 rings (SSSR count). The molecular formula is C18H22. The van der Waals surface area contributed by atoms with Crippen LogP contribution in [-0.4, -0.2) is 0 Å². The molecule has 0 N–H and O–H groups in total. The van der Waals surface area contributed by atoms with Crippen molar-refractivity contribution in [1.29, 1.82) is 0 Å². The first-order valence-corrected chi connectivity index (χ1v) is 8.97. The molecule has 0 saturated heterocycles. The average Bonchev–Trinajstić information content (AvgIpc) is 2.28. The van der Waals surface area contributed by atoms with Crippen molar-refractivity contribution in [3.8, 4) is 0 Å². The molecule has 0 aliphatic heterocycles. The Morgan fingerprint density at radius 1 is 0.278 bits per heavy atom. The molecule has 0 radical (unpaired) electrons. The minimum Gasteiger partial charge on any atom is -0.0496 e. The Balaban J connectivity index is 1.17. The Morgan fingerprint density at radius 2 is 0.500 bits per heavy atom. The van der Waals surface area contributed by atoms with E-state index in [1.807, 2.05) is 0 Å². The lowest BCUT2D eigenvalue weighted by molar-refractivity contribution is -0.465. The SMILES string of the molecule is C1CC2C1C1C2C2C1C1C2[C@H]2C3C4CCC4C3C12. The fourth-order valence-electron chi connectivity index (χ4n) is 10.1. The van der Waals surface area contributed by atoms with Crippen LogP contribution < -0.4 is 0 Å². The monoisotopic (exact) mass is 238 g/mol. The summed E-state index contributed by atoms with van der Waals surface area (Å²) in [6.07, 6.45) is 6.54. The van der Waals surface area contributed by atoms with Gasteiger partial charge in [0, 0.05) is 0 Å². The van der Waals surface area contributed by atoms with Crippen LogP contribution in [0.15, 0.2) is 0 Å². The highest BCUT2D eigenvalue weighted by Gasteiger charge is 2.88. The maximum absolute atomic E-state index is 1.64. The van der Waals surface area contributed by atoms with Crippen LogP contribution in [0, 0.1) is 82.9 Å². The van der Waals surface area contributed by atoms with Crippen LogP contribution in [0.5, 0.6) is 0 Å². The van der Waals surface area contributed by atoms with E-state index >= 15 is 0 Å². The van der Waals surface area contributed by atoms with Gasteiger partial charge in [0.05, 0.1) is 0 Å². The third-order valence-electron chi connectivity index (χ3n) is 10.5. The van der Waals surface area contributed by atoms with Crippen molar-refractivity contribution in [2.45, 2.75) is 25.7 Å². The van der Waals surface area contributed by atoms with Gasteiger partial charge in [-0.15, -0.1) is 0 Å². The molecule has 8 aliphatic rings. The van der Waals surface area contributed by atoms with Crippen molar-refractivity contribution in [1.82, 2.24) is 0 Å². The van der Waals surface area contributed by atoms with Crippen molar-refractivity contribution >= 4 is 0 Å².